The Labute approximate surface area is 127 Å². The van der Waals surface area contributed by atoms with Crippen LogP contribution in [0.15, 0.2) is 42.6 Å². The fourth-order valence-electron chi connectivity index (χ4n) is 2.27. The van der Waals surface area contributed by atoms with E-state index in [9.17, 15) is 0 Å². The minimum atomic E-state index is 0.715. The van der Waals surface area contributed by atoms with Gasteiger partial charge in [0, 0.05) is 19.3 Å². The summed E-state index contributed by atoms with van der Waals surface area (Å²) in [7, 11) is 2.14. The molecule has 3 N–H and O–H groups in total. The highest BCUT2D eigenvalue weighted by molar-refractivity contribution is 5.61. The third-order valence-electron chi connectivity index (χ3n) is 3.36. The number of aromatic nitrogens is 1. The van der Waals surface area contributed by atoms with E-state index in [1.165, 1.54) is 5.56 Å². The highest BCUT2D eigenvalue weighted by atomic mass is 15.1. The molecular weight excluding hydrogens is 260 g/mol. The Kier molecular flexibility index (Phi) is 5.58. The van der Waals surface area contributed by atoms with Gasteiger partial charge in [0.1, 0.15) is 5.82 Å². The van der Waals surface area contributed by atoms with Gasteiger partial charge in [-0.15, -0.1) is 0 Å². The Balaban J connectivity index is 1.69. The molecule has 0 saturated heterocycles. The molecule has 1 heterocycles. The first-order chi connectivity index (χ1) is 10.1. The maximum atomic E-state index is 5.93. The van der Waals surface area contributed by atoms with E-state index in [1.807, 2.05) is 25.3 Å². The van der Waals surface area contributed by atoms with Gasteiger partial charge < -0.3 is 16.0 Å². The van der Waals surface area contributed by atoms with Crippen LogP contribution in [0, 0.1) is 6.92 Å². The number of aryl methyl sites for hydroxylation is 1. The van der Waals surface area contributed by atoms with Gasteiger partial charge in [-0.1, -0.05) is 30.3 Å². The molecule has 21 heavy (non-hydrogen) atoms. The van der Waals surface area contributed by atoms with Crippen molar-refractivity contribution in [1.82, 2.24) is 9.88 Å². The number of nitrogens with two attached hydrogens (primary N) is 1. The summed E-state index contributed by atoms with van der Waals surface area (Å²) in [4.78, 5) is 6.63. The number of nitrogen functional groups attached to an aromatic ring is 1. The molecule has 0 radical (unpaired) electrons. The molecule has 0 saturated carbocycles. The Morgan fingerprint density at radius 1 is 1.24 bits per heavy atom. The molecule has 2 rings (SSSR count). The quantitative estimate of drug-likeness (QED) is 0.768. The second kappa shape index (κ2) is 7.64. The van der Waals surface area contributed by atoms with Crippen molar-refractivity contribution in [3.05, 3.63) is 53.7 Å². The van der Waals surface area contributed by atoms with E-state index in [4.69, 9.17) is 5.73 Å². The fraction of sp³-hybridized carbons (Fsp3) is 0.353. The summed E-state index contributed by atoms with van der Waals surface area (Å²) in [6.45, 7) is 4.88. The number of nitrogens with one attached hydrogen (secondary N) is 1. The van der Waals surface area contributed by atoms with Gasteiger partial charge in [0.15, 0.2) is 0 Å². The Morgan fingerprint density at radius 2 is 2.00 bits per heavy atom. The minimum absolute atomic E-state index is 0.715. The molecule has 0 fully saturated rings. The molecule has 0 aliphatic rings. The van der Waals surface area contributed by atoms with Gasteiger partial charge in [0.05, 0.1) is 5.69 Å². The van der Waals surface area contributed by atoms with E-state index in [2.05, 4.69) is 46.5 Å². The fourth-order valence-corrected chi connectivity index (χ4v) is 2.27. The summed E-state index contributed by atoms with van der Waals surface area (Å²) in [6.07, 6.45) is 2.89. The third kappa shape index (κ3) is 5.08. The average molecular weight is 284 g/mol. The lowest BCUT2D eigenvalue weighted by atomic mass is 10.2. The summed E-state index contributed by atoms with van der Waals surface area (Å²) in [5.74, 6) is 0.784. The number of anilines is 2. The van der Waals surface area contributed by atoms with Crippen LogP contribution in [0.4, 0.5) is 11.5 Å². The maximum absolute atomic E-state index is 5.93. The van der Waals surface area contributed by atoms with E-state index in [0.29, 0.717) is 5.69 Å². The van der Waals surface area contributed by atoms with Crippen LogP contribution in [0.3, 0.4) is 0 Å². The SMILES string of the molecule is Cc1cnc(NCCCN(C)Cc2ccccc2)c(N)c1. The number of hydrogen-bond donors (Lipinski definition) is 2. The number of nitrogens with zero attached hydrogens (tertiary/aromatic N) is 2. The standard InChI is InChI=1S/C17H24N4/c1-14-11-16(18)17(20-12-14)19-9-6-10-21(2)13-15-7-4-3-5-8-15/h3-5,7-8,11-12H,6,9-10,13,18H2,1-2H3,(H,19,20). The van der Waals surface area contributed by atoms with Crippen LogP contribution in [0.1, 0.15) is 17.5 Å². The predicted molar refractivity (Wildman–Crippen MR) is 89.3 cm³/mol. The number of rotatable bonds is 7. The van der Waals surface area contributed by atoms with Gasteiger partial charge in [0.2, 0.25) is 0 Å². The summed E-state index contributed by atoms with van der Waals surface area (Å²) in [5.41, 5.74) is 9.07. The van der Waals surface area contributed by atoms with Crippen LogP contribution in [0.2, 0.25) is 0 Å². The average Bonchev–Trinajstić information content (AvgIpc) is 2.46. The van der Waals surface area contributed by atoms with Gasteiger partial charge in [-0.3, -0.25) is 0 Å². The van der Waals surface area contributed by atoms with Crippen molar-refractivity contribution in [1.29, 1.82) is 0 Å². The second-order valence-electron chi connectivity index (χ2n) is 5.45. The van der Waals surface area contributed by atoms with Crippen molar-refractivity contribution in [3.8, 4) is 0 Å². The van der Waals surface area contributed by atoms with Crippen molar-refractivity contribution in [2.24, 2.45) is 0 Å². The molecule has 112 valence electrons. The topological polar surface area (TPSA) is 54.2 Å². The van der Waals surface area contributed by atoms with Crippen LogP contribution in [0.5, 0.6) is 0 Å². The summed E-state index contributed by atoms with van der Waals surface area (Å²) < 4.78 is 0. The highest BCUT2D eigenvalue weighted by Crippen LogP contribution is 2.15. The van der Waals surface area contributed by atoms with Crippen molar-refractivity contribution in [3.63, 3.8) is 0 Å². The largest absolute Gasteiger partial charge is 0.396 e. The minimum Gasteiger partial charge on any atom is -0.396 e. The van der Waals surface area contributed by atoms with E-state index in [-0.39, 0.29) is 0 Å². The molecule has 0 bridgehead atoms. The molecule has 4 nitrogen and oxygen atoms in total. The monoisotopic (exact) mass is 284 g/mol. The molecule has 0 aliphatic heterocycles. The van der Waals surface area contributed by atoms with Gasteiger partial charge in [-0.05, 0) is 44.1 Å². The summed E-state index contributed by atoms with van der Waals surface area (Å²) in [5, 5.41) is 3.30. The third-order valence-corrected chi connectivity index (χ3v) is 3.36. The van der Waals surface area contributed by atoms with E-state index >= 15 is 0 Å². The van der Waals surface area contributed by atoms with Crippen LogP contribution in [-0.4, -0.2) is 30.0 Å². The molecule has 0 spiro atoms. The zero-order valence-corrected chi connectivity index (χ0v) is 12.8. The zero-order chi connectivity index (χ0) is 15.1. The van der Waals surface area contributed by atoms with Gasteiger partial charge in [0.25, 0.3) is 0 Å². The first-order valence-electron chi connectivity index (χ1n) is 7.33. The lowest BCUT2D eigenvalue weighted by Crippen LogP contribution is -2.21. The van der Waals surface area contributed by atoms with E-state index < -0.39 is 0 Å². The molecule has 2 aromatic rings. The first kappa shape index (κ1) is 15.3. The van der Waals surface area contributed by atoms with Crippen LogP contribution < -0.4 is 11.1 Å². The normalized spacial score (nSPS) is 10.8. The summed E-state index contributed by atoms with van der Waals surface area (Å²) >= 11 is 0. The van der Waals surface area contributed by atoms with Crippen LogP contribution in [0.25, 0.3) is 0 Å². The molecule has 0 amide bonds. The molecule has 0 aliphatic carbocycles. The van der Waals surface area contributed by atoms with Crippen LogP contribution in [-0.2, 0) is 6.54 Å². The van der Waals surface area contributed by atoms with Gasteiger partial charge in [-0.25, -0.2) is 4.98 Å². The van der Waals surface area contributed by atoms with Gasteiger partial charge >= 0.3 is 0 Å². The molecular formula is C17H24N4. The zero-order valence-electron chi connectivity index (χ0n) is 12.8. The van der Waals surface area contributed by atoms with E-state index in [1.54, 1.807) is 0 Å². The Hall–Kier alpha value is -2.07. The van der Waals surface area contributed by atoms with Gasteiger partial charge in [-0.2, -0.15) is 0 Å². The van der Waals surface area contributed by atoms with E-state index in [0.717, 1.165) is 37.4 Å². The van der Waals surface area contributed by atoms with Crippen molar-refractivity contribution >= 4 is 11.5 Å². The smallest absolute Gasteiger partial charge is 0.149 e. The van der Waals surface area contributed by atoms with Crippen molar-refractivity contribution in [2.45, 2.75) is 19.9 Å². The van der Waals surface area contributed by atoms with Crippen molar-refractivity contribution < 1.29 is 0 Å². The Morgan fingerprint density at radius 3 is 2.71 bits per heavy atom. The predicted octanol–water partition coefficient (Wildman–Crippen LogP) is 2.91. The lowest BCUT2D eigenvalue weighted by Gasteiger charge is -2.17. The molecule has 0 atom stereocenters. The maximum Gasteiger partial charge on any atom is 0.149 e. The summed E-state index contributed by atoms with van der Waals surface area (Å²) in [6, 6.07) is 12.5. The highest BCUT2D eigenvalue weighted by Gasteiger charge is 2.02. The number of pyridine rings is 1. The number of hydrogen-bond acceptors (Lipinski definition) is 4. The Bertz CT molecular complexity index is 554. The lowest BCUT2D eigenvalue weighted by molar-refractivity contribution is 0.325. The molecule has 1 aromatic carbocycles. The first-order valence-corrected chi connectivity index (χ1v) is 7.33. The second-order valence-corrected chi connectivity index (χ2v) is 5.45. The number of benzene rings is 1. The van der Waals surface area contributed by atoms with Crippen molar-refractivity contribution in [2.75, 3.05) is 31.2 Å². The molecule has 4 heteroatoms. The molecule has 0 unspecified atom stereocenters. The molecule has 1 aromatic heterocycles. The van der Waals surface area contributed by atoms with Crippen LogP contribution >= 0.6 is 0 Å².